The summed E-state index contributed by atoms with van der Waals surface area (Å²) in [6.07, 6.45) is 0. The Morgan fingerprint density at radius 3 is 2.45 bits per heavy atom. The fourth-order valence-corrected chi connectivity index (χ4v) is 3.28. The first-order chi connectivity index (χ1) is 14.0. The molecule has 4 rings (SSSR count). The summed E-state index contributed by atoms with van der Waals surface area (Å²) < 4.78 is 1.61. The summed E-state index contributed by atoms with van der Waals surface area (Å²) in [6, 6.07) is 19.0. The molecule has 0 spiro atoms. The topological polar surface area (TPSA) is 79.8 Å². The Labute approximate surface area is 168 Å². The van der Waals surface area contributed by atoms with Crippen molar-refractivity contribution in [2.45, 2.75) is 13.8 Å². The first-order valence-corrected chi connectivity index (χ1v) is 9.23. The third-order valence-electron chi connectivity index (χ3n) is 4.95. The number of hydrogen-bond acceptors (Lipinski definition) is 4. The van der Waals surface area contributed by atoms with Gasteiger partial charge in [0.15, 0.2) is 5.69 Å². The van der Waals surface area contributed by atoms with Crippen LogP contribution in [-0.4, -0.2) is 20.6 Å². The SMILES string of the molecule is Cc1ccc(-c2ccc(C(=O)N=Nc3c(O)n(C)c4ccccc34)c(C)n2)cc1. The van der Waals surface area contributed by atoms with Crippen molar-refractivity contribution < 1.29 is 9.90 Å². The van der Waals surface area contributed by atoms with Gasteiger partial charge in [0.1, 0.15) is 0 Å². The van der Waals surface area contributed by atoms with Crippen LogP contribution in [-0.2, 0) is 7.05 Å². The van der Waals surface area contributed by atoms with Crippen LogP contribution >= 0.6 is 0 Å². The highest BCUT2D eigenvalue weighted by molar-refractivity contribution is 5.98. The molecule has 1 N–H and O–H groups in total. The van der Waals surface area contributed by atoms with Crippen LogP contribution < -0.4 is 0 Å². The summed E-state index contributed by atoms with van der Waals surface area (Å²) >= 11 is 0. The van der Waals surface area contributed by atoms with E-state index < -0.39 is 5.91 Å². The van der Waals surface area contributed by atoms with Gasteiger partial charge in [-0.1, -0.05) is 48.0 Å². The number of aromatic nitrogens is 2. The fraction of sp³-hybridized carbons (Fsp3) is 0.130. The molecule has 6 nitrogen and oxygen atoms in total. The monoisotopic (exact) mass is 384 g/mol. The second kappa shape index (κ2) is 7.31. The average molecular weight is 384 g/mol. The molecule has 0 bridgehead atoms. The van der Waals surface area contributed by atoms with Crippen molar-refractivity contribution in [3.8, 4) is 17.1 Å². The van der Waals surface area contributed by atoms with Crippen LogP contribution in [0.2, 0.25) is 0 Å². The molecular weight excluding hydrogens is 364 g/mol. The molecule has 144 valence electrons. The lowest BCUT2D eigenvalue weighted by molar-refractivity contribution is 0.0994. The lowest BCUT2D eigenvalue weighted by atomic mass is 10.1. The number of amides is 1. The first kappa shape index (κ1) is 18.6. The zero-order chi connectivity index (χ0) is 20.5. The van der Waals surface area contributed by atoms with Gasteiger partial charge >= 0.3 is 0 Å². The quantitative estimate of drug-likeness (QED) is 0.475. The molecule has 4 aromatic rings. The third kappa shape index (κ3) is 3.40. The lowest BCUT2D eigenvalue weighted by Gasteiger charge is -2.05. The molecule has 0 aliphatic heterocycles. The summed E-state index contributed by atoms with van der Waals surface area (Å²) in [4.78, 5) is 17.1. The maximum atomic E-state index is 12.6. The predicted molar refractivity (Wildman–Crippen MR) is 113 cm³/mol. The standard InChI is InChI=1S/C23H20N4O2/c1-14-8-10-16(11-9-14)19-13-12-17(15(2)24-19)22(28)26-25-21-18-6-4-5-7-20(18)27(3)23(21)29/h4-13,29H,1-3H3. The molecule has 0 aliphatic rings. The highest BCUT2D eigenvalue weighted by atomic mass is 16.3. The number of para-hydroxylation sites is 1. The number of aromatic hydroxyl groups is 1. The Hall–Kier alpha value is -3.80. The van der Waals surface area contributed by atoms with Gasteiger partial charge in [-0.2, -0.15) is 0 Å². The molecule has 6 heteroatoms. The Morgan fingerprint density at radius 1 is 1.00 bits per heavy atom. The lowest BCUT2D eigenvalue weighted by Crippen LogP contribution is -2.00. The molecular formula is C23H20N4O2. The number of benzene rings is 2. The minimum Gasteiger partial charge on any atom is -0.493 e. The minimum atomic E-state index is -0.502. The second-order valence-corrected chi connectivity index (χ2v) is 6.95. The van der Waals surface area contributed by atoms with Crippen molar-refractivity contribution in [1.82, 2.24) is 9.55 Å². The molecule has 2 aromatic heterocycles. The number of nitrogens with zero attached hydrogens (tertiary/aromatic N) is 4. The predicted octanol–water partition coefficient (Wildman–Crippen LogP) is 5.49. The molecule has 0 atom stereocenters. The molecule has 29 heavy (non-hydrogen) atoms. The molecule has 1 amide bonds. The van der Waals surface area contributed by atoms with Crippen molar-refractivity contribution in [2.24, 2.45) is 17.3 Å². The Kier molecular flexibility index (Phi) is 4.68. The number of aryl methyl sites for hydroxylation is 3. The molecule has 0 saturated carbocycles. The van der Waals surface area contributed by atoms with Gasteiger partial charge in [0.2, 0.25) is 5.88 Å². The van der Waals surface area contributed by atoms with Crippen molar-refractivity contribution in [3.63, 3.8) is 0 Å². The van der Waals surface area contributed by atoms with E-state index in [-0.39, 0.29) is 11.6 Å². The number of rotatable bonds is 3. The Bertz CT molecular complexity index is 1250. The van der Waals surface area contributed by atoms with Gasteiger partial charge in [-0.25, -0.2) is 0 Å². The normalized spacial score (nSPS) is 11.4. The van der Waals surface area contributed by atoms with Gasteiger partial charge in [0, 0.05) is 18.0 Å². The molecule has 0 unspecified atom stereocenters. The number of hydrogen-bond donors (Lipinski definition) is 1. The molecule has 0 saturated heterocycles. The van der Waals surface area contributed by atoms with E-state index in [0.29, 0.717) is 11.3 Å². The summed E-state index contributed by atoms with van der Waals surface area (Å²) in [5, 5.41) is 18.9. The highest BCUT2D eigenvalue weighted by Crippen LogP contribution is 2.37. The number of carbonyl (C=O) groups is 1. The zero-order valence-electron chi connectivity index (χ0n) is 16.4. The van der Waals surface area contributed by atoms with Crippen LogP contribution in [0.3, 0.4) is 0 Å². The van der Waals surface area contributed by atoms with Gasteiger partial charge < -0.3 is 9.67 Å². The summed E-state index contributed by atoms with van der Waals surface area (Å²) in [6.45, 7) is 3.80. The maximum absolute atomic E-state index is 12.6. The molecule has 0 radical (unpaired) electrons. The largest absolute Gasteiger partial charge is 0.493 e. The van der Waals surface area contributed by atoms with Gasteiger partial charge in [-0.05, 0) is 32.0 Å². The fourth-order valence-electron chi connectivity index (χ4n) is 3.28. The van der Waals surface area contributed by atoms with Crippen LogP contribution in [0.1, 0.15) is 21.6 Å². The molecule has 2 aromatic carbocycles. The third-order valence-corrected chi connectivity index (χ3v) is 4.95. The number of pyridine rings is 1. The Morgan fingerprint density at radius 2 is 1.72 bits per heavy atom. The zero-order valence-corrected chi connectivity index (χ0v) is 16.4. The smallest absolute Gasteiger partial charge is 0.297 e. The van der Waals surface area contributed by atoms with Gasteiger partial charge in [0.25, 0.3) is 5.91 Å². The van der Waals surface area contributed by atoms with Crippen LogP contribution in [0.25, 0.3) is 22.2 Å². The Balaban J connectivity index is 1.64. The van der Waals surface area contributed by atoms with Gasteiger partial charge in [-0.15, -0.1) is 10.2 Å². The van der Waals surface area contributed by atoms with Gasteiger partial charge in [0.05, 0.1) is 22.5 Å². The summed E-state index contributed by atoms with van der Waals surface area (Å²) in [7, 11) is 1.73. The van der Waals surface area contributed by atoms with Crippen molar-refractivity contribution in [1.29, 1.82) is 0 Å². The number of carbonyl (C=O) groups excluding carboxylic acids is 1. The van der Waals surface area contributed by atoms with E-state index in [4.69, 9.17) is 0 Å². The molecule has 0 fully saturated rings. The van der Waals surface area contributed by atoms with Crippen LogP contribution in [0.15, 0.2) is 70.9 Å². The van der Waals surface area contributed by atoms with E-state index in [1.54, 1.807) is 30.7 Å². The van der Waals surface area contributed by atoms with E-state index in [9.17, 15) is 9.90 Å². The number of fused-ring (bicyclic) bond motifs is 1. The van der Waals surface area contributed by atoms with Crippen LogP contribution in [0.5, 0.6) is 5.88 Å². The molecule has 2 heterocycles. The van der Waals surface area contributed by atoms with Crippen LogP contribution in [0, 0.1) is 13.8 Å². The van der Waals surface area contributed by atoms with Crippen molar-refractivity contribution >= 4 is 22.5 Å². The van der Waals surface area contributed by atoms with E-state index >= 15 is 0 Å². The maximum Gasteiger partial charge on any atom is 0.297 e. The second-order valence-electron chi connectivity index (χ2n) is 6.95. The number of azo groups is 1. The molecule has 0 aliphatic carbocycles. The first-order valence-electron chi connectivity index (χ1n) is 9.23. The van der Waals surface area contributed by atoms with Crippen molar-refractivity contribution in [3.05, 3.63) is 77.5 Å². The summed E-state index contributed by atoms with van der Waals surface area (Å²) in [5.74, 6) is -0.537. The average Bonchev–Trinajstić information content (AvgIpc) is 2.97. The summed E-state index contributed by atoms with van der Waals surface area (Å²) in [5.41, 5.74) is 5.00. The van der Waals surface area contributed by atoms with E-state index in [1.165, 1.54) is 5.56 Å². The van der Waals surface area contributed by atoms with E-state index in [1.807, 2.05) is 55.5 Å². The van der Waals surface area contributed by atoms with Gasteiger partial charge in [-0.3, -0.25) is 9.78 Å². The van der Waals surface area contributed by atoms with Crippen LogP contribution in [0.4, 0.5) is 5.69 Å². The van der Waals surface area contributed by atoms with E-state index in [2.05, 4.69) is 15.2 Å². The van der Waals surface area contributed by atoms with E-state index in [0.717, 1.165) is 22.2 Å². The van der Waals surface area contributed by atoms with Crippen molar-refractivity contribution in [2.75, 3.05) is 0 Å². The minimum absolute atomic E-state index is 0.0349. The highest BCUT2D eigenvalue weighted by Gasteiger charge is 2.15.